The molecular weight excluding hydrogens is 194 g/mol. The first-order chi connectivity index (χ1) is 6.32. The second-order valence-electron chi connectivity index (χ2n) is 3.18. The van der Waals surface area contributed by atoms with E-state index in [0.29, 0.717) is 0 Å². The Morgan fingerprint density at radius 1 is 1.36 bits per heavy atom. The lowest BCUT2D eigenvalue weighted by atomic mass is 9.49. The van der Waals surface area contributed by atoms with Gasteiger partial charge in [-0.2, -0.15) is 13.2 Å². The summed E-state index contributed by atoms with van der Waals surface area (Å²) in [5.41, 5.74) is 4.22. The van der Waals surface area contributed by atoms with Crippen molar-refractivity contribution < 1.29 is 13.2 Å². The number of alkyl halides is 3. The molecule has 1 heterocycles. The molecule has 0 aliphatic carbocycles. The minimum absolute atomic E-state index is 0.0618. The molecule has 2 N–H and O–H groups in total. The first kappa shape index (κ1) is 10.8. The molecule has 0 saturated heterocycles. The average molecular weight is 203 g/mol. The molecule has 0 saturated carbocycles. The molecule has 0 spiro atoms. The van der Waals surface area contributed by atoms with Crippen molar-refractivity contribution in [2.24, 2.45) is 0 Å². The van der Waals surface area contributed by atoms with Crippen molar-refractivity contribution in [2.75, 3.05) is 5.73 Å². The van der Waals surface area contributed by atoms with Crippen molar-refractivity contribution in [3.8, 4) is 0 Å². The summed E-state index contributed by atoms with van der Waals surface area (Å²) in [5, 5.41) is 0. The standard InChI is InChI=1S/C7H9BF3N3/c1-8(2)4-3-13-6(12)14-5(4)7(9,10)11/h3H,1-2H3,(H2,12,13,14). The zero-order valence-corrected chi connectivity index (χ0v) is 7.76. The van der Waals surface area contributed by atoms with Gasteiger partial charge in [0.1, 0.15) is 5.69 Å². The number of aromatic nitrogens is 2. The Kier molecular flexibility index (Phi) is 2.68. The molecule has 0 radical (unpaired) electrons. The monoisotopic (exact) mass is 203 g/mol. The zero-order valence-electron chi connectivity index (χ0n) is 7.76. The third-order valence-corrected chi connectivity index (χ3v) is 1.73. The maximum absolute atomic E-state index is 12.4. The molecule has 1 rings (SSSR count). The molecule has 0 amide bonds. The Morgan fingerprint density at radius 2 is 1.93 bits per heavy atom. The number of anilines is 1. The molecule has 0 aromatic carbocycles. The quantitative estimate of drug-likeness (QED) is 0.693. The summed E-state index contributed by atoms with van der Waals surface area (Å²) in [6.45, 7) is 3.00. The van der Waals surface area contributed by atoms with E-state index in [1.54, 1.807) is 13.6 Å². The van der Waals surface area contributed by atoms with E-state index in [2.05, 4.69) is 9.97 Å². The first-order valence-electron chi connectivity index (χ1n) is 4.02. The van der Waals surface area contributed by atoms with Crippen LogP contribution in [0.25, 0.3) is 0 Å². The number of hydrogen-bond donors (Lipinski definition) is 1. The lowest BCUT2D eigenvalue weighted by molar-refractivity contribution is -0.140. The third kappa shape index (κ3) is 2.15. The maximum atomic E-state index is 12.4. The average Bonchev–Trinajstić information content (AvgIpc) is 2.01. The van der Waals surface area contributed by atoms with Crippen LogP contribution in [0, 0.1) is 0 Å². The van der Waals surface area contributed by atoms with Gasteiger partial charge in [0.2, 0.25) is 5.95 Å². The molecule has 7 heteroatoms. The second-order valence-corrected chi connectivity index (χ2v) is 3.18. The molecule has 0 atom stereocenters. The van der Waals surface area contributed by atoms with Crippen molar-refractivity contribution in [3.05, 3.63) is 11.9 Å². The van der Waals surface area contributed by atoms with Gasteiger partial charge in [-0.05, 0) is 5.46 Å². The highest BCUT2D eigenvalue weighted by Gasteiger charge is 2.36. The molecular formula is C7H9BF3N3. The van der Waals surface area contributed by atoms with E-state index in [-0.39, 0.29) is 18.1 Å². The molecule has 1 aromatic heterocycles. The SMILES string of the molecule is CB(C)c1cnc(N)nc1C(F)(F)F. The number of nitrogens with zero attached hydrogens (tertiary/aromatic N) is 2. The van der Waals surface area contributed by atoms with Gasteiger partial charge in [-0.15, -0.1) is 0 Å². The van der Waals surface area contributed by atoms with Gasteiger partial charge >= 0.3 is 6.18 Å². The van der Waals surface area contributed by atoms with Crippen LogP contribution in [0.2, 0.25) is 13.6 Å². The second kappa shape index (κ2) is 3.47. The summed E-state index contributed by atoms with van der Waals surface area (Å²) < 4.78 is 37.3. The van der Waals surface area contributed by atoms with Gasteiger partial charge in [-0.1, -0.05) is 13.6 Å². The van der Waals surface area contributed by atoms with Gasteiger partial charge in [0.05, 0.1) is 0 Å². The van der Waals surface area contributed by atoms with Crippen LogP contribution >= 0.6 is 0 Å². The molecule has 76 valence electrons. The molecule has 0 aliphatic heterocycles. The number of hydrogen-bond acceptors (Lipinski definition) is 3. The Balaban J connectivity index is 3.30. The van der Waals surface area contributed by atoms with Gasteiger partial charge in [-0.3, -0.25) is 0 Å². The van der Waals surface area contributed by atoms with E-state index in [4.69, 9.17) is 5.73 Å². The number of rotatable bonds is 1. The molecule has 0 aliphatic rings. The van der Waals surface area contributed by atoms with E-state index in [0.717, 1.165) is 6.20 Å². The number of nitrogen functional groups attached to an aromatic ring is 1. The summed E-state index contributed by atoms with van der Waals surface area (Å²) in [6.07, 6.45) is -3.35. The first-order valence-corrected chi connectivity index (χ1v) is 4.02. The Labute approximate surface area is 79.6 Å². The highest BCUT2D eigenvalue weighted by atomic mass is 19.4. The predicted molar refractivity (Wildman–Crippen MR) is 48.6 cm³/mol. The van der Waals surface area contributed by atoms with Crippen molar-refractivity contribution in [1.82, 2.24) is 9.97 Å². The zero-order chi connectivity index (χ0) is 10.9. The highest BCUT2D eigenvalue weighted by Crippen LogP contribution is 2.26. The van der Waals surface area contributed by atoms with Gasteiger partial charge in [0.25, 0.3) is 0 Å². The van der Waals surface area contributed by atoms with Crippen LogP contribution in [0.5, 0.6) is 0 Å². The van der Waals surface area contributed by atoms with Crippen LogP contribution in [0.3, 0.4) is 0 Å². The molecule has 0 unspecified atom stereocenters. The van der Waals surface area contributed by atoms with Crippen molar-refractivity contribution >= 4 is 18.1 Å². The number of nitrogens with two attached hydrogens (primary N) is 1. The van der Waals surface area contributed by atoms with Crippen LogP contribution < -0.4 is 11.2 Å². The molecule has 14 heavy (non-hydrogen) atoms. The largest absolute Gasteiger partial charge is 0.433 e. The Morgan fingerprint density at radius 3 is 2.36 bits per heavy atom. The minimum atomic E-state index is -4.48. The van der Waals surface area contributed by atoms with E-state index < -0.39 is 11.9 Å². The molecule has 3 nitrogen and oxygen atoms in total. The fraction of sp³-hybridized carbons (Fsp3) is 0.429. The lowest BCUT2D eigenvalue weighted by Gasteiger charge is -2.12. The highest BCUT2D eigenvalue weighted by molar-refractivity contribution is 6.71. The molecule has 0 fully saturated rings. The normalized spacial score (nSPS) is 11.5. The minimum Gasteiger partial charge on any atom is -0.368 e. The summed E-state index contributed by atoms with van der Waals surface area (Å²) in [7, 11) is 0. The van der Waals surface area contributed by atoms with Gasteiger partial charge in [0, 0.05) is 6.20 Å². The predicted octanol–water partition coefficient (Wildman–Crippen LogP) is 1.04. The Hall–Kier alpha value is -1.27. The van der Waals surface area contributed by atoms with E-state index in [1.807, 2.05) is 0 Å². The fourth-order valence-corrected chi connectivity index (χ4v) is 1.05. The summed E-state index contributed by atoms with van der Waals surface area (Å²) in [6, 6.07) is 0. The summed E-state index contributed by atoms with van der Waals surface area (Å²) in [4.78, 5) is 6.75. The van der Waals surface area contributed by atoms with Crippen LogP contribution in [-0.2, 0) is 6.18 Å². The topological polar surface area (TPSA) is 51.8 Å². The van der Waals surface area contributed by atoms with Gasteiger partial charge in [0.15, 0.2) is 6.71 Å². The smallest absolute Gasteiger partial charge is 0.368 e. The van der Waals surface area contributed by atoms with Crippen LogP contribution in [0.15, 0.2) is 6.20 Å². The Bertz CT molecular complexity index is 337. The molecule has 1 aromatic rings. The maximum Gasteiger partial charge on any atom is 0.433 e. The van der Waals surface area contributed by atoms with Crippen molar-refractivity contribution in [1.29, 1.82) is 0 Å². The fourth-order valence-electron chi connectivity index (χ4n) is 1.05. The van der Waals surface area contributed by atoms with Crippen LogP contribution in [0.1, 0.15) is 5.69 Å². The lowest BCUT2D eigenvalue weighted by Crippen LogP contribution is -2.33. The van der Waals surface area contributed by atoms with Gasteiger partial charge in [-0.25, -0.2) is 9.97 Å². The molecule has 0 bridgehead atoms. The van der Waals surface area contributed by atoms with Crippen molar-refractivity contribution in [2.45, 2.75) is 19.8 Å². The third-order valence-electron chi connectivity index (χ3n) is 1.73. The van der Waals surface area contributed by atoms with E-state index in [9.17, 15) is 13.2 Å². The number of halogens is 3. The van der Waals surface area contributed by atoms with E-state index in [1.165, 1.54) is 0 Å². The van der Waals surface area contributed by atoms with Crippen molar-refractivity contribution in [3.63, 3.8) is 0 Å². The van der Waals surface area contributed by atoms with E-state index >= 15 is 0 Å². The van der Waals surface area contributed by atoms with Gasteiger partial charge < -0.3 is 5.73 Å². The summed E-state index contributed by atoms with van der Waals surface area (Å²) in [5.74, 6) is -0.360. The van der Waals surface area contributed by atoms with Crippen LogP contribution in [-0.4, -0.2) is 16.7 Å². The van der Waals surface area contributed by atoms with Crippen LogP contribution in [0.4, 0.5) is 19.1 Å². The summed E-state index contributed by atoms with van der Waals surface area (Å²) >= 11 is 0.